The Hall–Kier alpha value is -2.34. The summed E-state index contributed by atoms with van der Waals surface area (Å²) in [6, 6.07) is 14.2. The van der Waals surface area contributed by atoms with Crippen molar-refractivity contribution in [1.82, 2.24) is 5.32 Å². The molecule has 0 atom stereocenters. The maximum atomic E-state index is 11.9. The van der Waals surface area contributed by atoms with E-state index >= 15 is 0 Å². The molecule has 0 heterocycles. The van der Waals surface area contributed by atoms with Gasteiger partial charge in [-0.2, -0.15) is 0 Å². The largest absolute Gasteiger partial charge is 0.494 e. The summed E-state index contributed by atoms with van der Waals surface area (Å²) >= 11 is 3.37. The molecule has 2 aromatic rings. The molecular formula is C18H18BrNO4. The van der Waals surface area contributed by atoms with Gasteiger partial charge in [-0.3, -0.25) is 4.79 Å². The summed E-state index contributed by atoms with van der Waals surface area (Å²) in [5, 5.41) is 2.70. The highest BCUT2D eigenvalue weighted by Gasteiger charge is 2.10. The highest BCUT2D eigenvalue weighted by atomic mass is 79.9. The molecular weight excluding hydrogens is 374 g/mol. The summed E-state index contributed by atoms with van der Waals surface area (Å²) in [5.74, 6) is -0.217. The van der Waals surface area contributed by atoms with Gasteiger partial charge in [-0.1, -0.05) is 28.1 Å². The number of hydrogen-bond acceptors (Lipinski definition) is 4. The fourth-order valence-corrected chi connectivity index (χ4v) is 2.41. The lowest BCUT2D eigenvalue weighted by Crippen LogP contribution is -2.28. The molecule has 0 aromatic heterocycles. The third-order valence-electron chi connectivity index (χ3n) is 3.11. The number of hydrogen-bond donors (Lipinski definition) is 1. The molecule has 0 aliphatic rings. The number of esters is 1. The van der Waals surface area contributed by atoms with Gasteiger partial charge >= 0.3 is 5.97 Å². The van der Waals surface area contributed by atoms with Gasteiger partial charge in [0.2, 0.25) is 0 Å². The van der Waals surface area contributed by atoms with Crippen LogP contribution in [0.25, 0.3) is 0 Å². The van der Waals surface area contributed by atoms with Crippen LogP contribution in [0.4, 0.5) is 0 Å². The summed E-state index contributed by atoms with van der Waals surface area (Å²) in [4.78, 5) is 23.6. The van der Waals surface area contributed by atoms with E-state index in [0.717, 1.165) is 10.0 Å². The van der Waals surface area contributed by atoms with E-state index < -0.39 is 5.97 Å². The lowest BCUT2D eigenvalue weighted by atomic mass is 10.2. The average molecular weight is 392 g/mol. The Labute approximate surface area is 149 Å². The molecule has 1 amide bonds. The van der Waals surface area contributed by atoms with Crippen molar-refractivity contribution >= 4 is 27.8 Å². The molecule has 126 valence electrons. The number of carbonyl (C=O) groups excluding carboxylic acids is 2. The van der Waals surface area contributed by atoms with Crippen LogP contribution in [0.3, 0.4) is 0 Å². The second kappa shape index (κ2) is 9.08. The first-order chi connectivity index (χ1) is 11.6. The number of rotatable bonds is 7. The van der Waals surface area contributed by atoms with Crippen molar-refractivity contribution in [1.29, 1.82) is 0 Å². The molecule has 0 aliphatic heterocycles. The Morgan fingerprint density at radius 1 is 1.12 bits per heavy atom. The van der Waals surface area contributed by atoms with E-state index in [1.807, 2.05) is 31.2 Å². The normalized spacial score (nSPS) is 10.1. The SMILES string of the molecule is CCOc1ccc(C(=O)OCC(=O)NCc2cccc(Br)c2)cc1. The smallest absolute Gasteiger partial charge is 0.338 e. The van der Waals surface area contributed by atoms with Gasteiger partial charge in [-0.25, -0.2) is 4.79 Å². The molecule has 0 unspecified atom stereocenters. The summed E-state index contributed by atoms with van der Waals surface area (Å²) in [6.45, 7) is 2.50. The van der Waals surface area contributed by atoms with E-state index in [4.69, 9.17) is 9.47 Å². The Bertz CT molecular complexity index is 700. The molecule has 0 bridgehead atoms. The molecule has 0 spiro atoms. The molecule has 2 rings (SSSR count). The third kappa shape index (κ3) is 5.70. The molecule has 0 aliphatic carbocycles. The molecule has 1 N–H and O–H groups in total. The van der Waals surface area contributed by atoms with Crippen LogP contribution in [0.5, 0.6) is 5.75 Å². The van der Waals surface area contributed by atoms with Gasteiger partial charge < -0.3 is 14.8 Å². The van der Waals surface area contributed by atoms with Gasteiger partial charge in [0.15, 0.2) is 6.61 Å². The summed E-state index contributed by atoms with van der Waals surface area (Å²) in [5.41, 5.74) is 1.33. The zero-order valence-corrected chi connectivity index (χ0v) is 14.8. The van der Waals surface area contributed by atoms with E-state index in [1.54, 1.807) is 24.3 Å². The maximum absolute atomic E-state index is 11.9. The molecule has 0 fully saturated rings. The van der Waals surface area contributed by atoms with Crippen LogP contribution in [0.15, 0.2) is 53.0 Å². The van der Waals surface area contributed by atoms with Gasteiger partial charge in [0, 0.05) is 11.0 Å². The minimum absolute atomic E-state index is 0.319. The van der Waals surface area contributed by atoms with Crippen molar-refractivity contribution in [2.24, 2.45) is 0 Å². The second-order valence-electron chi connectivity index (χ2n) is 4.94. The minimum Gasteiger partial charge on any atom is -0.494 e. The van der Waals surface area contributed by atoms with Crippen molar-refractivity contribution in [2.75, 3.05) is 13.2 Å². The molecule has 24 heavy (non-hydrogen) atoms. The van der Waals surface area contributed by atoms with Crippen LogP contribution in [-0.4, -0.2) is 25.1 Å². The van der Waals surface area contributed by atoms with Crippen molar-refractivity contribution < 1.29 is 19.1 Å². The zero-order valence-electron chi connectivity index (χ0n) is 13.3. The molecule has 0 saturated heterocycles. The Morgan fingerprint density at radius 2 is 1.88 bits per heavy atom. The first-order valence-electron chi connectivity index (χ1n) is 7.49. The molecule has 2 aromatic carbocycles. The number of carbonyl (C=O) groups is 2. The van der Waals surface area contributed by atoms with E-state index in [0.29, 0.717) is 24.5 Å². The standard InChI is InChI=1S/C18H18BrNO4/c1-2-23-16-8-6-14(7-9-16)18(22)24-12-17(21)20-11-13-4-3-5-15(19)10-13/h3-10H,2,11-12H2,1H3,(H,20,21). The monoisotopic (exact) mass is 391 g/mol. The molecule has 5 nitrogen and oxygen atoms in total. The van der Waals surface area contributed by atoms with Crippen molar-refractivity contribution in [3.05, 3.63) is 64.1 Å². The minimum atomic E-state index is -0.546. The molecule has 6 heteroatoms. The van der Waals surface area contributed by atoms with Gasteiger partial charge in [-0.15, -0.1) is 0 Å². The van der Waals surface area contributed by atoms with Crippen LogP contribution in [-0.2, 0) is 16.1 Å². The number of amides is 1. The summed E-state index contributed by atoms with van der Waals surface area (Å²) in [7, 11) is 0. The molecule has 0 radical (unpaired) electrons. The third-order valence-corrected chi connectivity index (χ3v) is 3.61. The van der Waals surface area contributed by atoms with Crippen molar-refractivity contribution in [2.45, 2.75) is 13.5 Å². The summed E-state index contributed by atoms with van der Waals surface area (Å²) in [6.07, 6.45) is 0. The highest BCUT2D eigenvalue weighted by Crippen LogP contribution is 2.13. The topological polar surface area (TPSA) is 64.6 Å². The van der Waals surface area contributed by atoms with Crippen LogP contribution in [0.1, 0.15) is 22.8 Å². The first kappa shape index (κ1) is 18.0. The number of benzene rings is 2. The van der Waals surface area contributed by atoms with Gasteiger partial charge in [-0.05, 0) is 48.9 Å². The lowest BCUT2D eigenvalue weighted by Gasteiger charge is -2.08. The Balaban J connectivity index is 1.77. The van der Waals surface area contributed by atoms with Crippen molar-refractivity contribution in [3.63, 3.8) is 0 Å². The van der Waals surface area contributed by atoms with E-state index in [1.165, 1.54) is 0 Å². The highest BCUT2D eigenvalue weighted by molar-refractivity contribution is 9.10. The fraction of sp³-hybridized carbons (Fsp3) is 0.222. The number of nitrogens with one attached hydrogen (secondary N) is 1. The van der Waals surface area contributed by atoms with E-state index in [2.05, 4.69) is 21.2 Å². The van der Waals surface area contributed by atoms with Crippen LogP contribution >= 0.6 is 15.9 Å². The van der Waals surface area contributed by atoms with Crippen LogP contribution < -0.4 is 10.1 Å². The van der Waals surface area contributed by atoms with E-state index in [-0.39, 0.29) is 12.5 Å². The number of ether oxygens (including phenoxy) is 2. The van der Waals surface area contributed by atoms with Crippen molar-refractivity contribution in [3.8, 4) is 5.75 Å². The van der Waals surface area contributed by atoms with Gasteiger partial charge in [0.05, 0.1) is 12.2 Å². The quantitative estimate of drug-likeness (QED) is 0.735. The van der Waals surface area contributed by atoms with Gasteiger partial charge in [0.25, 0.3) is 5.91 Å². The van der Waals surface area contributed by atoms with Gasteiger partial charge in [0.1, 0.15) is 5.75 Å². The fourth-order valence-electron chi connectivity index (χ4n) is 1.97. The predicted molar refractivity (Wildman–Crippen MR) is 93.9 cm³/mol. The zero-order chi connectivity index (χ0) is 17.4. The Kier molecular flexibility index (Phi) is 6.81. The second-order valence-corrected chi connectivity index (χ2v) is 5.86. The average Bonchev–Trinajstić information content (AvgIpc) is 2.59. The maximum Gasteiger partial charge on any atom is 0.338 e. The van der Waals surface area contributed by atoms with Crippen LogP contribution in [0.2, 0.25) is 0 Å². The van der Waals surface area contributed by atoms with E-state index in [9.17, 15) is 9.59 Å². The summed E-state index contributed by atoms with van der Waals surface area (Å²) < 4.78 is 11.2. The molecule has 0 saturated carbocycles. The first-order valence-corrected chi connectivity index (χ1v) is 8.29. The number of halogens is 1. The predicted octanol–water partition coefficient (Wildman–Crippen LogP) is 3.32. The van der Waals surface area contributed by atoms with Crippen LogP contribution in [0, 0.1) is 0 Å². The lowest BCUT2D eigenvalue weighted by molar-refractivity contribution is -0.124. The Morgan fingerprint density at radius 3 is 2.54 bits per heavy atom.